The topological polar surface area (TPSA) is 36.3 Å². The minimum atomic E-state index is 0.269. The summed E-state index contributed by atoms with van der Waals surface area (Å²) in [5.41, 5.74) is 0. The zero-order chi connectivity index (χ0) is 7.56. The highest BCUT2D eigenvalue weighted by molar-refractivity contribution is 5.50. The van der Waals surface area contributed by atoms with E-state index in [1.54, 1.807) is 0 Å². The lowest BCUT2D eigenvalue weighted by Crippen LogP contribution is -2.44. The van der Waals surface area contributed by atoms with Crippen molar-refractivity contribution in [2.75, 3.05) is 13.1 Å². The quantitative estimate of drug-likeness (QED) is 0.432. The summed E-state index contributed by atoms with van der Waals surface area (Å²) in [7, 11) is 0. The van der Waals surface area contributed by atoms with Crippen LogP contribution in [0.5, 0.6) is 0 Å². The Morgan fingerprint density at radius 3 is 2.30 bits per heavy atom. The monoisotopic (exact) mass is 142 g/mol. The molecule has 3 heteroatoms. The van der Waals surface area contributed by atoms with Crippen molar-refractivity contribution in [1.82, 2.24) is 4.90 Å². The highest BCUT2D eigenvalue weighted by Crippen LogP contribution is 2.07. The van der Waals surface area contributed by atoms with E-state index in [-0.39, 0.29) is 12.2 Å². The fourth-order valence-electron chi connectivity index (χ4n) is 1.32. The van der Waals surface area contributed by atoms with Crippen LogP contribution >= 0.6 is 0 Å². The van der Waals surface area contributed by atoms with Gasteiger partial charge >= 0.3 is 0 Å². The predicted molar refractivity (Wildman–Crippen MR) is 40.4 cm³/mol. The normalized spacial score (nSPS) is 34.0. The third-order valence-corrected chi connectivity index (χ3v) is 1.63. The molecule has 1 heterocycles. The van der Waals surface area contributed by atoms with Gasteiger partial charge < -0.3 is 9.64 Å². The first kappa shape index (κ1) is 7.54. The lowest BCUT2D eigenvalue weighted by atomic mass is 10.2. The molecule has 0 aliphatic carbocycles. The van der Waals surface area contributed by atoms with Crippen molar-refractivity contribution in [3.8, 4) is 0 Å². The minimum absolute atomic E-state index is 0.269. The van der Waals surface area contributed by atoms with Crippen LogP contribution in [0, 0.1) is 5.41 Å². The number of nitrogens with one attached hydrogen (secondary N) is 1. The molecule has 0 aromatic rings. The lowest BCUT2D eigenvalue weighted by Gasteiger charge is -2.33. The highest BCUT2D eigenvalue weighted by Gasteiger charge is 2.19. The second-order valence-corrected chi connectivity index (χ2v) is 2.84. The van der Waals surface area contributed by atoms with Crippen LogP contribution in [0.2, 0.25) is 0 Å². The summed E-state index contributed by atoms with van der Waals surface area (Å²) in [6, 6.07) is 0. The summed E-state index contributed by atoms with van der Waals surface area (Å²) in [6.07, 6.45) is 1.92. The Balaban J connectivity index is 2.42. The summed E-state index contributed by atoms with van der Waals surface area (Å²) < 4.78 is 5.47. The molecule has 1 fully saturated rings. The van der Waals surface area contributed by atoms with E-state index in [9.17, 15) is 0 Å². The number of rotatable bonds is 1. The molecule has 1 aliphatic heterocycles. The molecule has 3 nitrogen and oxygen atoms in total. The molecule has 0 spiro atoms. The van der Waals surface area contributed by atoms with Gasteiger partial charge in [0.05, 0.1) is 18.5 Å². The maximum Gasteiger partial charge on any atom is 0.0819 e. The molecule has 1 aliphatic rings. The summed E-state index contributed by atoms with van der Waals surface area (Å²) in [5.74, 6) is 0. The second-order valence-electron chi connectivity index (χ2n) is 2.84. The summed E-state index contributed by atoms with van der Waals surface area (Å²) in [5, 5.41) is 7.02. The van der Waals surface area contributed by atoms with Crippen LogP contribution < -0.4 is 0 Å². The number of hydrogen-bond donors (Lipinski definition) is 1. The number of nitrogens with zero attached hydrogens (tertiary/aromatic N) is 1. The van der Waals surface area contributed by atoms with E-state index in [2.05, 4.69) is 0 Å². The molecular formula is C7H14N2O. The average Bonchev–Trinajstić information content (AvgIpc) is 1.85. The van der Waals surface area contributed by atoms with Crippen LogP contribution in [0.25, 0.3) is 0 Å². The summed E-state index contributed by atoms with van der Waals surface area (Å²) >= 11 is 0. The number of ether oxygens (including phenoxy) is 1. The van der Waals surface area contributed by atoms with Gasteiger partial charge in [0.15, 0.2) is 0 Å². The largest absolute Gasteiger partial charge is 0.372 e. The number of hydrogen-bond acceptors (Lipinski definition) is 2. The maximum atomic E-state index is 7.02. The Morgan fingerprint density at radius 2 is 1.90 bits per heavy atom. The van der Waals surface area contributed by atoms with E-state index < -0.39 is 0 Å². The van der Waals surface area contributed by atoms with E-state index in [0.29, 0.717) is 0 Å². The first-order chi connectivity index (χ1) is 4.72. The molecule has 1 rings (SSSR count). The van der Waals surface area contributed by atoms with Crippen LogP contribution in [0.3, 0.4) is 0 Å². The van der Waals surface area contributed by atoms with Crippen LogP contribution in [0.1, 0.15) is 13.8 Å². The molecule has 0 saturated carbocycles. The Hall–Kier alpha value is -0.570. The van der Waals surface area contributed by atoms with Crippen molar-refractivity contribution in [2.45, 2.75) is 26.1 Å². The highest BCUT2D eigenvalue weighted by atomic mass is 16.5. The van der Waals surface area contributed by atoms with Gasteiger partial charge in [0.2, 0.25) is 0 Å². The van der Waals surface area contributed by atoms with Crippen LogP contribution in [0.4, 0.5) is 0 Å². The van der Waals surface area contributed by atoms with Gasteiger partial charge in [-0.3, -0.25) is 5.41 Å². The molecular weight excluding hydrogens is 128 g/mol. The van der Waals surface area contributed by atoms with Gasteiger partial charge in [-0.2, -0.15) is 0 Å². The molecule has 0 amide bonds. The van der Waals surface area contributed by atoms with Gasteiger partial charge in [0, 0.05) is 13.1 Å². The standard InChI is InChI=1S/C7H14N2O/c1-6-3-9(5-8)4-7(2)10-6/h5-8H,3-4H2,1-2H3. The molecule has 58 valence electrons. The third-order valence-electron chi connectivity index (χ3n) is 1.63. The summed E-state index contributed by atoms with van der Waals surface area (Å²) in [4.78, 5) is 1.97. The minimum Gasteiger partial charge on any atom is -0.372 e. The van der Waals surface area contributed by atoms with Gasteiger partial charge in [0.25, 0.3) is 0 Å². The van der Waals surface area contributed by atoms with Gasteiger partial charge in [-0.25, -0.2) is 0 Å². The van der Waals surface area contributed by atoms with Crippen LogP contribution in [-0.4, -0.2) is 36.5 Å². The van der Waals surface area contributed by atoms with Crippen molar-refractivity contribution in [3.63, 3.8) is 0 Å². The molecule has 0 aromatic carbocycles. The van der Waals surface area contributed by atoms with Crippen molar-refractivity contribution in [3.05, 3.63) is 0 Å². The zero-order valence-corrected chi connectivity index (χ0v) is 6.50. The Labute approximate surface area is 61.5 Å². The second kappa shape index (κ2) is 3.01. The molecule has 2 unspecified atom stereocenters. The van der Waals surface area contributed by atoms with E-state index in [4.69, 9.17) is 10.1 Å². The fraction of sp³-hybridized carbons (Fsp3) is 0.857. The van der Waals surface area contributed by atoms with Crippen molar-refractivity contribution < 1.29 is 4.74 Å². The number of morpholine rings is 1. The molecule has 10 heavy (non-hydrogen) atoms. The molecule has 0 bridgehead atoms. The Bertz CT molecular complexity index is 117. The van der Waals surface area contributed by atoms with E-state index in [1.807, 2.05) is 18.7 Å². The SMILES string of the molecule is CC1CN(C=N)CC(C)O1. The molecule has 0 radical (unpaired) electrons. The van der Waals surface area contributed by atoms with E-state index in [1.165, 1.54) is 6.34 Å². The summed E-state index contributed by atoms with van der Waals surface area (Å²) in [6.45, 7) is 5.78. The third kappa shape index (κ3) is 1.70. The molecule has 2 atom stereocenters. The van der Waals surface area contributed by atoms with Crippen molar-refractivity contribution in [2.24, 2.45) is 0 Å². The van der Waals surface area contributed by atoms with Gasteiger partial charge in [-0.1, -0.05) is 0 Å². The van der Waals surface area contributed by atoms with E-state index in [0.717, 1.165) is 13.1 Å². The van der Waals surface area contributed by atoms with Crippen LogP contribution in [-0.2, 0) is 4.74 Å². The maximum absolute atomic E-state index is 7.02. The van der Waals surface area contributed by atoms with Crippen molar-refractivity contribution in [1.29, 1.82) is 5.41 Å². The molecule has 0 aromatic heterocycles. The predicted octanol–water partition coefficient (Wildman–Crippen LogP) is 0.703. The van der Waals surface area contributed by atoms with Crippen LogP contribution in [0.15, 0.2) is 0 Å². The van der Waals surface area contributed by atoms with Gasteiger partial charge in [-0.05, 0) is 13.8 Å². The zero-order valence-electron chi connectivity index (χ0n) is 6.50. The first-order valence-electron chi connectivity index (χ1n) is 3.62. The first-order valence-corrected chi connectivity index (χ1v) is 3.62. The Morgan fingerprint density at radius 1 is 1.40 bits per heavy atom. The van der Waals surface area contributed by atoms with Gasteiger partial charge in [0.1, 0.15) is 0 Å². The van der Waals surface area contributed by atoms with Crippen molar-refractivity contribution >= 4 is 6.34 Å². The fourth-order valence-corrected chi connectivity index (χ4v) is 1.32. The lowest BCUT2D eigenvalue weighted by molar-refractivity contribution is -0.0468. The Kier molecular flexibility index (Phi) is 2.27. The molecule has 1 saturated heterocycles. The van der Waals surface area contributed by atoms with E-state index >= 15 is 0 Å². The van der Waals surface area contributed by atoms with Gasteiger partial charge in [-0.15, -0.1) is 0 Å². The smallest absolute Gasteiger partial charge is 0.0819 e. The average molecular weight is 142 g/mol. The molecule has 1 N–H and O–H groups in total.